The Morgan fingerprint density at radius 1 is 1.00 bits per heavy atom. The summed E-state index contributed by atoms with van der Waals surface area (Å²) in [7, 11) is 0. The van der Waals surface area contributed by atoms with Gasteiger partial charge in [-0.15, -0.1) is 0 Å². The second-order valence-electron chi connectivity index (χ2n) is 8.16. The summed E-state index contributed by atoms with van der Waals surface area (Å²) >= 11 is 0. The van der Waals surface area contributed by atoms with E-state index in [9.17, 15) is 0 Å². The molecular formula is C20H39N5. The van der Waals surface area contributed by atoms with Gasteiger partial charge in [0.15, 0.2) is 0 Å². The lowest BCUT2D eigenvalue weighted by Gasteiger charge is -2.30. The molecule has 5 nitrogen and oxygen atoms in total. The fourth-order valence-electron chi connectivity index (χ4n) is 3.64. The highest BCUT2D eigenvalue weighted by atomic mass is 15.3. The third-order valence-corrected chi connectivity index (χ3v) is 5.12. The summed E-state index contributed by atoms with van der Waals surface area (Å²) in [5.74, 6) is 2.43. The van der Waals surface area contributed by atoms with Crippen LogP contribution in [-0.4, -0.2) is 30.7 Å². The predicted molar refractivity (Wildman–Crippen MR) is 108 cm³/mol. The summed E-state index contributed by atoms with van der Waals surface area (Å²) in [5, 5.41) is 10.3. The first kappa shape index (κ1) is 20.1. The van der Waals surface area contributed by atoms with E-state index in [1.165, 1.54) is 70.6 Å². The molecule has 1 saturated carbocycles. The molecule has 0 aromatic rings. The number of nitrogens with one attached hydrogen (secondary N) is 3. The molecule has 0 unspecified atom stereocenters. The molecule has 0 bridgehead atoms. The summed E-state index contributed by atoms with van der Waals surface area (Å²) in [6.45, 7) is 8.43. The first-order valence-corrected chi connectivity index (χ1v) is 10.5. The number of hydrogen-bond acceptors (Lipinski definition) is 5. The Labute approximate surface area is 154 Å². The monoisotopic (exact) mass is 349 g/mol. The molecule has 0 radical (unpaired) electrons. The average molecular weight is 350 g/mol. The van der Waals surface area contributed by atoms with Crippen LogP contribution in [0, 0.1) is 5.92 Å². The van der Waals surface area contributed by atoms with E-state index in [1.807, 2.05) is 0 Å². The molecule has 25 heavy (non-hydrogen) atoms. The van der Waals surface area contributed by atoms with E-state index in [0.717, 1.165) is 30.9 Å². The van der Waals surface area contributed by atoms with Crippen molar-refractivity contribution in [1.29, 1.82) is 0 Å². The summed E-state index contributed by atoms with van der Waals surface area (Å²) in [6.07, 6.45) is 14.7. The molecule has 144 valence electrons. The van der Waals surface area contributed by atoms with Gasteiger partial charge in [-0.1, -0.05) is 58.3 Å². The van der Waals surface area contributed by atoms with Crippen molar-refractivity contribution in [1.82, 2.24) is 16.0 Å². The van der Waals surface area contributed by atoms with E-state index in [-0.39, 0.29) is 5.66 Å². The predicted octanol–water partition coefficient (Wildman–Crippen LogP) is 4.16. The first-order valence-electron chi connectivity index (χ1n) is 10.5. The van der Waals surface area contributed by atoms with Crippen LogP contribution >= 0.6 is 0 Å². The second-order valence-corrected chi connectivity index (χ2v) is 8.16. The highest BCUT2D eigenvalue weighted by molar-refractivity contribution is 5.97. The van der Waals surface area contributed by atoms with Gasteiger partial charge in [0.1, 0.15) is 5.66 Å². The van der Waals surface area contributed by atoms with Crippen LogP contribution < -0.4 is 16.0 Å². The van der Waals surface area contributed by atoms with Gasteiger partial charge in [0.2, 0.25) is 11.9 Å². The first-order chi connectivity index (χ1) is 12.1. The Morgan fingerprint density at radius 2 is 1.72 bits per heavy atom. The van der Waals surface area contributed by atoms with Crippen LogP contribution in [0.1, 0.15) is 91.4 Å². The Morgan fingerprint density at radius 3 is 2.48 bits per heavy atom. The van der Waals surface area contributed by atoms with Crippen molar-refractivity contribution in [2.75, 3.05) is 13.1 Å². The molecule has 1 fully saturated rings. The van der Waals surface area contributed by atoms with E-state index >= 15 is 0 Å². The largest absolute Gasteiger partial charge is 0.356 e. The number of hydrogen-bond donors (Lipinski definition) is 3. The van der Waals surface area contributed by atoms with Crippen LogP contribution in [0.15, 0.2) is 9.98 Å². The van der Waals surface area contributed by atoms with Crippen molar-refractivity contribution in [2.45, 2.75) is 97.1 Å². The van der Waals surface area contributed by atoms with E-state index in [0.29, 0.717) is 0 Å². The number of rotatable bonds is 9. The van der Waals surface area contributed by atoms with Gasteiger partial charge in [0.25, 0.3) is 0 Å². The zero-order chi connectivity index (χ0) is 18.0. The normalized spacial score (nSPS) is 20.4. The lowest BCUT2D eigenvalue weighted by atomic mass is 9.89. The van der Waals surface area contributed by atoms with Gasteiger partial charge in [-0.05, 0) is 39.0 Å². The zero-order valence-corrected chi connectivity index (χ0v) is 16.7. The summed E-state index contributed by atoms with van der Waals surface area (Å²) in [6, 6.07) is 0. The molecule has 1 aliphatic heterocycles. The third kappa shape index (κ3) is 8.10. The Hall–Kier alpha value is -1.26. The maximum Gasteiger partial charge on any atom is 0.223 e. The van der Waals surface area contributed by atoms with Gasteiger partial charge < -0.3 is 16.0 Å². The van der Waals surface area contributed by atoms with E-state index in [4.69, 9.17) is 0 Å². The molecule has 0 saturated heterocycles. The van der Waals surface area contributed by atoms with E-state index in [1.54, 1.807) is 0 Å². The van der Waals surface area contributed by atoms with Crippen LogP contribution in [0.4, 0.5) is 0 Å². The summed E-state index contributed by atoms with van der Waals surface area (Å²) in [4.78, 5) is 9.32. The maximum atomic E-state index is 4.67. The Bertz CT molecular complexity index is 435. The van der Waals surface area contributed by atoms with Gasteiger partial charge in [-0.25, -0.2) is 4.99 Å². The van der Waals surface area contributed by atoms with Gasteiger partial charge in [0, 0.05) is 13.1 Å². The zero-order valence-electron chi connectivity index (χ0n) is 16.7. The third-order valence-electron chi connectivity index (χ3n) is 5.12. The number of unbranched alkanes of at least 4 members (excludes halogenated alkanes) is 5. The van der Waals surface area contributed by atoms with E-state index < -0.39 is 0 Å². The number of aliphatic imine (C=N–C) groups is 2. The van der Waals surface area contributed by atoms with Gasteiger partial charge in [0.05, 0.1) is 0 Å². The van der Waals surface area contributed by atoms with Gasteiger partial charge >= 0.3 is 0 Å². The molecule has 3 N–H and O–H groups in total. The minimum atomic E-state index is -0.305. The van der Waals surface area contributed by atoms with Crippen molar-refractivity contribution in [3.63, 3.8) is 0 Å². The SMILES string of the molecule is CCCCCCCCNC1=NC(C)(C)NC(NCC2CCCCC2)=N1. The summed E-state index contributed by atoms with van der Waals surface area (Å²) < 4.78 is 0. The van der Waals surface area contributed by atoms with Crippen LogP contribution in [0.5, 0.6) is 0 Å². The maximum absolute atomic E-state index is 4.67. The Balaban J connectivity index is 1.72. The fraction of sp³-hybridized carbons (Fsp3) is 0.900. The minimum absolute atomic E-state index is 0.305. The quantitative estimate of drug-likeness (QED) is 0.548. The van der Waals surface area contributed by atoms with Crippen LogP contribution in [0.2, 0.25) is 0 Å². The molecule has 2 rings (SSSR count). The fourth-order valence-corrected chi connectivity index (χ4v) is 3.64. The van der Waals surface area contributed by atoms with Crippen molar-refractivity contribution >= 4 is 11.9 Å². The molecule has 0 aromatic carbocycles. The van der Waals surface area contributed by atoms with Crippen LogP contribution in [0.25, 0.3) is 0 Å². The molecular weight excluding hydrogens is 310 g/mol. The summed E-state index contributed by atoms with van der Waals surface area (Å²) in [5.41, 5.74) is -0.305. The average Bonchev–Trinajstić information content (AvgIpc) is 2.59. The van der Waals surface area contributed by atoms with E-state index in [2.05, 4.69) is 46.7 Å². The van der Waals surface area contributed by atoms with Gasteiger partial charge in [-0.2, -0.15) is 4.99 Å². The molecule has 0 spiro atoms. The van der Waals surface area contributed by atoms with Crippen molar-refractivity contribution in [2.24, 2.45) is 15.9 Å². The smallest absolute Gasteiger partial charge is 0.223 e. The van der Waals surface area contributed by atoms with Crippen LogP contribution in [-0.2, 0) is 0 Å². The standard InChI is InChI=1S/C20H39N5/c1-4-5-6-7-8-12-15-21-18-23-19(25-20(2,3)24-18)22-16-17-13-10-9-11-14-17/h17H,4-16H2,1-3H3,(H3,21,22,23,24,25). The number of guanidine groups is 2. The van der Waals surface area contributed by atoms with Crippen molar-refractivity contribution in [3.05, 3.63) is 0 Å². The lowest BCUT2D eigenvalue weighted by molar-refractivity contribution is 0.353. The molecule has 2 aliphatic rings. The van der Waals surface area contributed by atoms with Crippen LogP contribution in [0.3, 0.4) is 0 Å². The molecule has 0 amide bonds. The topological polar surface area (TPSA) is 60.8 Å². The second kappa shape index (κ2) is 10.7. The Kier molecular flexibility index (Phi) is 8.56. The molecule has 0 aromatic heterocycles. The lowest BCUT2D eigenvalue weighted by Crippen LogP contribution is -2.53. The highest BCUT2D eigenvalue weighted by Gasteiger charge is 2.24. The van der Waals surface area contributed by atoms with Crippen molar-refractivity contribution in [3.8, 4) is 0 Å². The number of nitrogens with zero attached hydrogens (tertiary/aromatic N) is 2. The highest BCUT2D eigenvalue weighted by Crippen LogP contribution is 2.22. The van der Waals surface area contributed by atoms with Gasteiger partial charge in [-0.3, -0.25) is 0 Å². The minimum Gasteiger partial charge on any atom is -0.356 e. The van der Waals surface area contributed by atoms with Crippen molar-refractivity contribution < 1.29 is 0 Å². The molecule has 5 heteroatoms. The molecule has 1 aliphatic carbocycles. The molecule has 0 atom stereocenters. The molecule has 1 heterocycles.